The summed E-state index contributed by atoms with van der Waals surface area (Å²) in [6.07, 6.45) is -7.25. The Bertz CT molecular complexity index is 5940. The first-order valence-corrected chi connectivity index (χ1v) is 58.4. The molecule has 4 aliphatic rings. The van der Waals surface area contributed by atoms with Crippen LogP contribution >= 0.6 is 7.80 Å². The van der Waals surface area contributed by atoms with Crippen LogP contribution in [0.5, 0.6) is 0 Å². The Morgan fingerprint density at radius 3 is 1.24 bits per heavy atom. The fourth-order valence-corrected chi connectivity index (χ4v) is 19.1. The minimum absolute atomic E-state index is 0. The fourth-order valence-electron chi connectivity index (χ4n) is 14.4. The molecular weight excluding hydrogens is 1850 g/mol. The van der Waals surface area contributed by atoms with Gasteiger partial charge in [0, 0.05) is 45.3 Å². The molecule has 4 fully saturated rings. The Balaban J connectivity index is 0.000000265. The van der Waals surface area contributed by atoms with Crippen molar-refractivity contribution in [3.8, 4) is 23.7 Å². The highest BCUT2D eigenvalue weighted by Crippen LogP contribution is 2.48. The first-order chi connectivity index (χ1) is 64.5. The molecule has 14 rings (SSSR count). The highest BCUT2D eigenvalue weighted by Gasteiger charge is 2.55. The summed E-state index contributed by atoms with van der Waals surface area (Å²) in [5.74, 6) is 12.0. The lowest BCUT2D eigenvalue weighted by atomic mass is 10.1. The number of amides is 2. The summed E-state index contributed by atoms with van der Waals surface area (Å²) in [5, 5.41) is 24.0. The molecule has 2 amide bonds. The molecular formula is C92H130F4N18O17PSi4+. The van der Waals surface area contributed by atoms with Crippen molar-refractivity contribution < 1.29 is 100 Å². The average Bonchev–Trinajstić information content (AvgIpc) is 1.59. The maximum atomic E-state index is 16.4. The van der Waals surface area contributed by atoms with E-state index >= 15 is 17.6 Å². The van der Waals surface area contributed by atoms with Gasteiger partial charge in [0.1, 0.15) is 86.3 Å². The second-order valence-corrected chi connectivity index (χ2v) is 60.4. The van der Waals surface area contributed by atoms with E-state index < -0.39 is 152 Å². The Labute approximate surface area is 798 Å². The van der Waals surface area contributed by atoms with Gasteiger partial charge in [-0.1, -0.05) is 136 Å². The van der Waals surface area contributed by atoms with Crippen molar-refractivity contribution in [2.75, 3.05) is 63.1 Å². The van der Waals surface area contributed by atoms with Gasteiger partial charge in [-0.2, -0.15) is 0 Å². The molecule has 44 heteroatoms. The summed E-state index contributed by atoms with van der Waals surface area (Å²) in [6.45, 7) is 44.3. The lowest BCUT2D eigenvalue weighted by Gasteiger charge is -2.39. The van der Waals surface area contributed by atoms with Gasteiger partial charge in [0.25, 0.3) is 18.3 Å². The molecule has 0 spiro atoms. The number of benzene rings is 2. The van der Waals surface area contributed by atoms with E-state index in [1.807, 2.05) is 32.3 Å². The van der Waals surface area contributed by atoms with E-state index in [1.165, 1.54) is 85.8 Å². The molecule has 2 aromatic carbocycles. The highest BCUT2D eigenvalue weighted by atomic mass is 31.1. The third-order valence-electron chi connectivity index (χ3n) is 26.2. The van der Waals surface area contributed by atoms with E-state index in [0.717, 1.165) is 0 Å². The fraction of sp³-hybridized carbons (Fsp3) is 0.576. The van der Waals surface area contributed by atoms with Crippen molar-refractivity contribution in [3.05, 3.63) is 134 Å². The van der Waals surface area contributed by atoms with Gasteiger partial charge < -0.3 is 62.2 Å². The molecule has 0 bridgehead atoms. The van der Waals surface area contributed by atoms with E-state index in [9.17, 15) is 29.2 Å². The molecule has 0 aliphatic carbocycles. The van der Waals surface area contributed by atoms with Crippen LogP contribution in [0.3, 0.4) is 0 Å². The van der Waals surface area contributed by atoms with Gasteiger partial charge in [-0.15, -0.1) is 11.8 Å². The smallest absolute Gasteiger partial charge is 0.332 e. The Morgan fingerprint density at radius 2 is 0.846 bits per heavy atom. The van der Waals surface area contributed by atoms with Crippen LogP contribution in [0.15, 0.2) is 111 Å². The molecule has 35 nitrogen and oxygen atoms in total. The van der Waals surface area contributed by atoms with Crippen molar-refractivity contribution in [2.24, 2.45) is 0 Å². The van der Waals surface area contributed by atoms with E-state index in [2.05, 4.69) is 198 Å². The van der Waals surface area contributed by atoms with Crippen LogP contribution in [0.1, 0.15) is 161 Å². The normalized spacial score (nSPS) is 23.4. The minimum Gasteiger partial charge on any atom is -0.458 e. The van der Waals surface area contributed by atoms with E-state index in [0.29, 0.717) is 70.5 Å². The molecule has 4 aliphatic heterocycles. The lowest BCUT2D eigenvalue weighted by Crippen LogP contribution is -2.49. The zero-order chi connectivity index (χ0) is 100. The van der Waals surface area contributed by atoms with Gasteiger partial charge in [-0.3, -0.25) is 42.5 Å². The predicted molar refractivity (Wildman–Crippen MR) is 516 cm³/mol. The van der Waals surface area contributed by atoms with Crippen LogP contribution in [0.2, 0.25) is 72.5 Å². The number of imidazole rings is 4. The number of carbonyl (C=O) groups excluding carboxylic acids is 3. The van der Waals surface area contributed by atoms with Crippen LogP contribution in [0.25, 0.3) is 44.7 Å². The Hall–Kier alpha value is -9.62. The lowest BCUT2D eigenvalue weighted by molar-refractivity contribution is -0.139. The molecule has 8 aromatic heterocycles. The Kier molecular flexibility index (Phi) is 34.6. The number of hydrogen-bond acceptors (Lipinski definition) is 28. The number of nitrogens with zero attached hydrogens (tertiary/aromatic N) is 18. The van der Waals surface area contributed by atoms with E-state index in [1.54, 1.807) is 67.9 Å². The monoisotopic (exact) mass is 1980 g/mol. The SMILES string of the molecule is CC(C)(C)[Si](C)(C)OC[C@H]1OC(n2cnc3c(CCC#CCN(C(=O)c4ccccc4)c4ncnc5c4ncn5C4O[C@H](CO)[C@@H](O[Si](C)(C)C(C)(C)C)[C@H]4F)ncnc32)[C@H](F)[C@@H]1OC=O.C[P+](C)=O.O.[2H]C[C@H]1OC(n2cnc3c(N(CC#CCCc4ncnc5c4ncn5C4O[C@H](CO[Si](C)(C)C(C)(C)C)[C@@H](O)[C@H]4F)C(=O)c4ccccc4)ncnc32)[C@H](F)[C@@H]1O[Si](C)(C)C(C)(C)C.[3H]OC. The number of fused-ring (bicyclic) bond motifs is 4. The molecule has 10 aromatic rings. The van der Waals surface area contributed by atoms with Crippen LogP contribution in [-0.2, 0) is 63.6 Å². The quantitative estimate of drug-likeness (QED) is 0.0141. The number of carbonyl (C=O) groups is 3. The number of aryl methyl sites for hydroxylation is 2. The second-order valence-electron chi connectivity index (χ2n) is 39.6. The molecule has 4 unspecified atom stereocenters. The number of anilines is 2. The standard InChI is InChI=1S/C45H59F2N9O8Si2.C44H59F2N9O6Si2.C2H6OP.CH4O.H2O/c1-44(2,3)65(7,8)61-22-31-36(60-27-58)32(46)42(63-31)55-25-52-34-29(48-23-49-38(34)55)19-15-12-16-20-54(41(59)28-17-13-11-14-18-28)39-35-40(51-24-50-39)56(26-53-35)43-33(47)37(30(21-57)62-43)64-66(9,10)45(4,5)6;1-27-36(61-63(10,11)44(5,6)7)32(46)42(59-27)55-26-52-34-38(49-24-50-39(34)55)53(40(57)28-18-14-12-15-19-28)21-17-13-16-20-29-33-37(48-23-47-29)54(25-51-33)41-31(45)35(56)30(60-41)22-58-62(8,9)43(2,3)4;1-4(2)3;1-2;/h11,13-14,17-18,23-27,30-33,36-37,42-43,57H,15,19-22H2,1-10H3;12,14-15,18-19,23-27,30-32,35-36,41-42,56H,16,20-22H2,1-11H3;1-2H3;2H,1H3;1H2/q;;+1;;/t30-,31-,32-,33-,36-,37-,42?,43?;27-,30-,31-,32-,35-,36-,41?,42?;;;/m11.../s1/i;1D;;2T;. The van der Waals surface area contributed by atoms with Crippen molar-refractivity contribution >= 4 is 116 Å². The van der Waals surface area contributed by atoms with Crippen LogP contribution in [-0.4, -0.2) is 279 Å². The van der Waals surface area contributed by atoms with Gasteiger partial charge in [-0.25, -0.2) is 77.4 Å². The molecule has 0 radical (unpaired) electrons. The molecule has 5 N–H and O–H groups in total. The Morgan fingerprint density at radius 1 is 0.507 bits per heavy atom. The van der Waals surface area contributed by atoms with E-state index in [4.69, 9.17) is 44.2 Å². The minimum atomic E-state index is -2.46. The first-order valence-electron chi connectivity index (χ1n) is 45.8. The van der Waals surface area contributed by atoms with Crippen LogP contribution < -0.4 is 9.80 Å². The number of aromatic nitrogens is 16. The average molecular weight is 1980 g/mol. The third-order valence-corrected chi connectivity index (χ3v) is 44.1. The molecule has 738 valence electrons. The third kappa shape index (κ3) is 23.9. The number of alkyl halides is 4. The summed E-state index contributed by atoms with van der Waals surface area (Å²) >= 11 is 0. The van der Waals surface area contributed by atoms with Gasteiger partial charge in [0.15, 0.2) is 134 Å². The maximum Gasteiger partial charge on any atom is 0.332 e. The van der Waals surface area contributed by atoms with Gasteiger partial charge in [0.05, 0.1) is 75.7 Å². The number of halogens is 4. The molecule has 4 saturated heterocycles. The number of aliphatic hydroxyl groups is 3. The molecule has 16 atom stereocenters. The topological polar surface area (TPSA) is 424 Å². The summed E-state index contributed by atoms with van der Waals surface area (Å²) in [5.41, 5.74) is 4.38. The number of ether oxygens (including phenoxy) is 5. The van der Waals surface area contributed by atoms with Crippen LogP contribution in [0.4, 0.5) is 29.2 Å². The van der Waals surface area contributed by atoms with Gasteiger partial charge >= 0.3 is 7.80 Å². The summed E-state index contributed by atoms with van der Waals surface area (Å²) < 4.78 is 149. The van der Waals surface area contributed by atoms with E-state index in [-0.39, 0.29) is 105 Å². The predicted octanol–water partition coefficient (Wildman–Crippen LogP) is 14.0. The molecule has 12 heterocycles. The first kappa shape index (κ1) is 105. The number of hydrogen-bond donors (Lipinski definition) is 3. The van der Waals surface area contributed by atoms with Gasteiger partial charge in [-0.05, 0) is 104 Å². The van der Waals surface area contributed by atoms with Crippen molar-refractivity contribution in [1.82, 2.24) is 78.1 Å². The summed E-state index contributed by atoms with van der Waals surface area (Å²) in [7, 11) is -8.88. The van der Waals surface area contributed by atoms with Crippen molar-refractivity contribution in [2.45, 2.75) is 287 Å². The zero-order valence-electron chi connectivity index (χ0n) is 83.4. The van der Waals surface area contributed by atoms with Crippen molar-refractivity contribution in [3.63, 3.8) is 0 Å². The maximum absolute atomic E-state index is 16.4. The summed E-state index contributed by atoms with van der Waals surface area (Å²) in [6, 6.07) is 17.3. The molecule has 0 saturated carbocycles. The number of aliphatic hydroxyl groups excluding tert-OH is 3. The highest BCUT2D eigenvalue weighted by molar-refractivity contribution is 7.42. The number of rotatable bonds is 27. The van der Waals surface area contributed by atoms with Crippen molar-refractivity contribution in [1.29, 1.82) is 1.43 Å². The second kappa shape index (κ2) is 44.7. The summed E-state index contributed by atoms with van der Waals surface area (Å²) in [4.78, 5) is 96.1. The zero-order valence-corrected chi connectivity index (χ0v) is 86.3. The molecule has 136 heavy (non-hydrogen) atoms. The van der Waals surface area contributed by atoms with Crippen LogP contribution in [0, 0.1) is 23.7 Å². The van der Waals surface area contributed by atoms with Gasteiger partial charge in [0.2, 0.25) is 1.43 Å². The largest absolute Gasteiger partial charge is 0.458 e.